The summed E-state index contributed by atoms with van der Waals surface area (Å²) in [4.78, 5) is 0. The van der Waals surface area contributed by atoms with Crippen molar-refractivity contribution >= 4 is 23.2 Å². The van der Waals surface area contributed by atoms with Gasteiger partial charge >= 0.3 is 0 Å². The Morgan fingerprint density at radius 2 is 2.00 bits per heavy atom. The molecule has 0 radical (unpaired) electrons. The monoisotopic (exact) mass is 202 g/mol. The predicted octanol–water partition coefficient (Wildman–Crippen LogP) is 3.24. The van der Waals surface area contributed by atoms with Gasteiger partial charge in [0.25, 0.3) is 0 Å². The van der Waals surface area contributed by atoms with E-state index in [2.05, 4.69) is 0 Å². The molecule has 3 heteroatoms. The molecule has 1 atom stereocenters. The molecular formula is C9H8Cl2O. The highest BCUT2D eigenvalue weighted by Gasteiger charge is 2.41. The Hall–Kier alpha value is -0.240. The van der Waals surface area contributed by atoms with E-state index in [4.69, 9.17) is 27.9 Å². The van der Waals surface area contributed by atoms with Crippen LogP contribution in [-0.4, -0.2) is 6.61 Å². The third kappa shape index (κ3) is 1.33. The lowest BCUT2D eigenvalue weighted by molar-refractivity contribution is 0.329. The quantitative estimate of drug-likeness (QED) is 0.638. The van der Waals surface area contributed by atoms with E-state index < -0.39 is 0 Å². The minimum Gasteiger partial charge on any atom is -0.365 e. The normalized spacial score (nSPS) is 27.2. The molecule has 1 saturated heterocycles. The van der Waals surface area contributed by atoms with Gasteiger partial charge in [0, 0.05) is 0 Å². The van der Waals surface area contributed by atoms with Crippen molar-refractivity contribution in [2.75, 3.05) is 6.61 Å². The molecule has 1 unspecified atom stereocenters. The van der Waals surface area contributed by atoms with Crippen molar-refractivity contribution in [2.24, 2.45) is 0 Å². The highest BCUT2D eigenvalue weighted by atomic mass is 35.5. The molecule has 0 amide bonds. The Balaban J connectivity index is 2.41. The van der Waals surface area contributed by atoms with Crippen molar-refractivity contribution in [3.05, 3.63) is 33.8 Å². The molecule has 0 bridgehead atoms. The SMILES string of the molecule is CC1(c2ccc(Cl)c(Cl)c2)CO1. The first-order valence-corrected chi connectivity index (χ1v) is 4.47. The number of hydrogen-bond donors (Lipinski definition) is 0. The van der Waals surface area contributed by atoms with Crippen LogP contribution >= 0.6 is 23.2 Å². The Labute approximate surface area is 81.2 Å². The van der Waals surface area contributed by atoms with Gasteiger partial charge < -0.3 is 4.74 Å². The standard InChI is InChI=1S/C9H8Cl2O/c1-9(5-12-9)6-2-3-7(10)8(11)4-6/h2-4H,5H2,1H3. The van der Waals surface area contributed by atoms with Gasteiger partial charge in [-0.1, -0.05) is 29.3 Å². The molecular weight excluding hydrogens is 195 g/mol. The Morgan fingerprint density at radius 1 is 1.33 bits per heavy atom. The highest BCUT2D eigenvalue weighted by molar-refractivity contribution is 6.42. The van der Waals surface area contributed by atoms with Gasteiger partial charge in [0.1, 0.15) is 5.60 Å². The maximum absolute atomic E-state index is 5.86. The van der Waals surface area contributed by atoms with Crippen LogP contribution in [0.1, 0.15) is 12.5 Å². The Morgan fingerprint density at radius 3 is 2.50 bits per heavy atom. The Bertz CT molecular complexity index is 318. The summed E-state index contributed by atoms with van der Waals surface area (Å²) < 4.78 is 5.28. The van der Waals surface area contributed by atoms with Gasteiger partial charge in [-0.15, -0.1) is 0 Å². The number of benzene rings is 1. The van der Waals surface area contributed by atoms with Crippen LogP contribution in [0.4, 0.5) is 0 Å². The smallest absolute Gasteiger partial charge is 0.114 e. The first-order valence-electron chi connectivity index (χ1n) is 3.71. The first kappa shape index (κ1) is 8.36. The number of ether oxygens (including phenoxy) is 1. The minimum absolute atomic E-state index is 0.117. The minimum atomic E-state index is -0.117. The number of rotatable bonds is 1. The lowest BCUT2D eigenvalue weighted by atomic mass is 10.0. The number of hydrogen-bond acceptors (Lipinski definition) is 1. The summed E-state index contributed by atoms with van der Waals surface area (Å²) in [5, 5.41) is 1.18. The molecule has 0 N–H and O–H groups in total. The summed E-state index contributed by atoms with van der Waals surface area (Å²) in [6.07, 6.45) is 0. The summed E-state index contributed by atoms with van der Waals surface area (Å²) in [7, 11) is 0. The first-order chi connectivity index (χ1) is 5.62. The van der Waals surface area contributed by atoms with Crippen LogP contribution in [0.25, 0.3) is 0 Å². The van der Waals surface area contributed by atoms with E-state index in [1.165, 1.54) is 0 Å². The Kier molecular flexibility index (Phi) is 1.83. The van der Waals surface area contributed by atoms with Crippen molar-refractivity contribution in [3.63, 3.8) is 0 Å². The fourth-order valence-electron chi connectivity index (χ4n) is 1.10. The van der Waals surface area contributed by atoms with E-state index in [0.29, 0.717) is 10.0 Å². The highest BCUT2D eigenvalue weighted by Crippen LogP contribution is 2.39. The van der Waals surface area contributed by atoms with Crippen LogP contribution in [0.2, 0.25) is 10.0 Å². The van der Waals surface area contributed by atoms with E-state index in [1.54, 1.807) is 6.07 Å². The molecule has 1 aliphatic heterocycles. The zero-order valence-electron chi connectivity index (χ0n) is 6.60. The second-order valence-electron chi connectivity index (χ2n) is 3.15. The molecule has 1 nitrogen and oxygen atoms in total. The lowest BCUT2D eigenvalue weighted by Gasteiger charge is -2.05. The zero-order chi connectivity index (χ0) is 8.77. The molecule has 1 aromatic rings. The van der Waals surface area contributed by atoms with Crippen LogP contribution in [-0.2, 0) is 10.3 Å². The van der Waals surface area contributed by atoms with Crippen LogP contribution < -0.4 is 0 Å². The fraction of sp³-hybridized carbons (Fsp3) is 0.333. The van der Waals surface area contributed by atoms with Gasteiger partial charge in [-0.05, 0) is 24.6 Å². The van der Waals surface area contributed by atoms with Crippen molar-refractivity contribution in [1.29, 1.82) is 0 Å². The fourth-order valence-corrected chi connectivity index (χ4v) is 1.40. The van der Waals surface area contributed by atoms with Gasteiger partial charge in [0.05, 0.1) is 16.7 Å². The molecule has 0 aromatic heterocycles. The van der Waals surface area contributed by atoms with Crippen molar-refractivity contribution < 1.29 is 4.74 Å². The predicted molar refractivity (Wildman–Crippen MR) is 49.8 cm³/mol. The maximum Gasteiger partial charge on any atom is 0.114 e. The topological polar surface area (TPSA) is 12.5 Å². The average molecular weight is 203 g/mol. The van der Waals surface area contributed by atoms with Crippen LogP contribution in [0.15, 0.2) is 18.2 Å². The lowest BCUT2D eigenvalue weighted by Crippen LogP contribution is -2.01. The van der Waals surface area contributed by atoms with E-state index in [9.17, 15) is 0 Å². The van der Waals surface area contributed by atoms with Crippen molar-refractivity contribution in [3.8, 4) is 0 Å². The molecule has 64 valence electrons. The summed E-state index contributed by atoms with van der Waals surface area (Å²) in [6, 6.07) is 5.60. The van der Waals surface area contributed by atoms with E-state index >= 15 is 0 Å². The van der Waals surface area contributed by atoms with E-state index in [-0.39, 0.29) is 5.60 Å². The summed E-state index contributed by atoms with van der Waals surface area (Å²) >= 11 is 11.6. The van der Waals surface area contributed by atoms with Crippen molar-refractivity contribution in [1.82, 2.24) is 0 Å². The number of halogens is 2. The van der Waals surface area contributed by atoms with Gasteiger partial charge in [0.2, 0.25) is 0 Å². The maximum atomic E-state index is 5.86. The second kappa shape index (κ2) is 2.63. The molecule has 0 spiro atoms. The summed E-state index contributed by atoms with van der Waals surface area (Å²) in [6.45, 7) is 2.80. The average Bonchev–Trinajstić information content (AvgIpc) is 2.75. The third-order valence-corrected chi connectivity index (χ3v) is 2.85. The molecule has 1 aliphatic rings. The molecule has 1 fully saturated rings. The van der Waals surface area contributed by atoms with Gasteiger partial charge in [-0.3, -0.25) is 0 Å². The van der Waals surface area contributed by atoms with Crippen LogP contribution in [0.5, 0.6) is 0 Å². The largest absolute Gasteiger partial charge is 0.365 e. The third-order valence-electron chi connectivity index (χ3n) is 2.11. The molecule has 1 heterocycles. The molecule has 1 aromatic carbocycles. The van der Waals surface area contributed by atoms with Crippen LogP contribution in [0.3, 0.4) is 0 Å². The van der Waals surface area contributed by atoms with Gasteiger partial charge in [0.15, 0.2) is 0 Å². The number of epoxide rings is 1. The van der Waals surface area contributed by atoms with Gasteiger partial charge in [-0.2, -0.15) is 0 Å². The van der Waals surface area contributed by atoms with Crippen LogP contribution in [0, 0.1) is 0 Å². The molecule has 0 aliphatic carbocycles. The molecule has 0 saturated carbocycles. The van der Waals surface area contributed by atoms with E-state index in [1.807, 2.05) is 19.1 Å². The second-order valence-corrected chi connectivity index (χ2v) is 3.96. The summed E-state index contributed by atoms with van der Waals surface area (Å²) in [5.74, 6) is 0. The zero-order valence-corrected chi connectivity index (χ0v) is 8.12. The van der Waals surface area contributed by atoms with Crippen molar-refractivity contribution in [2.45, 2.75) is 12.5 Å². The van der Waals surface area contributed by atoms with Gasteiger partial charge in [-0.25, -0.2) is 0 Å². The molecule has 12 heavy (non-hydrogen) atoms. The van der Waals surface area contributed by atoms with E-state index in [0.717, 1.165) is 12.2 Å². The summed E-state index contributed by atoms with van der Waals surface area (Å²) in [5.41, 5.74) is 0.978. The molecule has 2 rings (SSSR count).